The first-order valence-corrected chi connectivity index (χ1v) is 12.0. The van der Waals surface area contributed by atoms with E-state index in [1.807, 2.05) is 42.2 Å². The van der Waals surface area contributed by atoms with Gasteiger partial charge in [-0.25, -0.2) is 0 Å². The Labute approximate surface area is 200 Å². The van der Waals surface area contributed by atoms with Crippen molar-refractivity contribution >= 4 is 5.91 Å². The van der Waals surface area contributed by atoms with Crippen molar-refractivity contribution in [1.29, 1.82) is 0 Å². The van der Waals surface area contributed by atoms with E-state index in [4.69, 9.17) is 9.47 Å². The average molecular weight is 464 g/mol. The zero-order chi connectivity index (χ0) is 24.2. The molecule has 0 radical (unpaired) electrons. The molecule has 7 nitrogen and oxygen atoms in total. The zero-order valence-corrected chi connectivity index (χ0v) is 20.3. The van der Waals surface area contributed by atoms with E-state index in [-0.39, 0.29) is 17.7 Å². The Hall–Kier alpha value is -3.48. The first-order chi connectivity index (χ1) is 16.5. The predicted molar refractivity (Wildman–Crippen MR) is 131 cm³/mol. The molecule has 0 saturated heterocycles. The van der Waals surface area contributed by atoms with Gasteiger partial charge in [-0.3, -0.25) is 9.89 Å². The van der Waals surface area contributed by atoms with Crippen LogP contribution in [0.3, 0.4) is 0 Å². The molecule has 180 valence electrons. The van der Waals surface area contributed by atoms with Gasteiger partial charge >= 0.3 is 0 Å². The molecule has 1 unspecified atom stereocenters. The summed E-state index contributed by atoms with van der Waals surface area (Å²) in [5, 5.41) is 17.9. The van der Waals surface area contributed by atoms with Gasteiger partial charge < -0.3 is 19.5 Å². The van der Waals surface area contributed by atoms with Gasteiger partial charge in [0.1, 0.15) is 17.1 Å². The van der Waals surface area contributed by atoms with E-state index in [1.165, 1.54) is 0 Å². The lowest BCUT2D eigenvalue weighted by Gasteiger charge is -2.26. The highest BCUT2D eigenvalue weighted by molar-refractivity contribution is 6.00. The number of para-hydroxylation sites is 1. The number of benzene rings is 2. The van der Waals surface area contributed by atoms with Crippen molar-refractivity contribution in [2.24, 2.45) is 5.92 Å². The number of ether oxygens (including phenoxy) is 2. The van der Waals surface area contributed by atoms with Crippen LogP contribution in [0.1, 0.15) is 68.2 Å². The van der Waals surface area contributed by atoms with Crippen molar-refractivity contribution in [2.45, 2.75) is 46.6 Å². The largest absolute Gasteiger partial charge is 0.507 e. The third-order valence-electron chi connectivity index (χ3n) is 6.02. The topological polar surface area (TPSA) is 87.7 Å². The van der Waals surface area contributed by atoms with Crippen LogP contribution < -0.4 is 9.47 Å². The van der Waals surface area contributed by atoms with Crippen molar-refractivity contribution in [3.8, 4) is 28.5 Å². The quantitative estimate of drug-likeness (QED) is 0.411. The SMILES string of the molecule is CCCN1C(=O)c2[nH]nc(-c3ccccc3O)c2C1c1ccc(OCCC(C)C)c(OCC)c1. The predicted octanol–water partition coefficient (Wildman–Crippen LogP) is 5.56. The molecule has 1 atom stereocenters. The minimum Gasteiger partial charge on any atom is -0.507 e. The maximum absolute atomic E-state index is 13.3. The minimum absolute atomic E-state index is 0.0914. The van der Waals surface area contributed by atoms with Crippen LogP contribution in [0.15, 0.2) is 42.5 Å². The summed E-state index contributed by atoms with van der Waals surface area (Å²) in [7, 11) is 0. The van der Waals surface area contributed by atoms with Gasteiger partial charge in [0.2, 0.25) is 0 Å². The Bertz CT molecular complexity index is 1150. The molecule has 2 N–H and O–H groups in total. The smallest absolute Gasteiger partial charge is 0.273 e. The molecule has 0 bridgehead atoms. The summed E-state index contributed by atoms with van der Waals surface area (Å²) in [6, 6.07) is 12.6. The van der Waals surface area contributed by atoms with Crippen molar-refractivity contribution in [3.63, 3.8) is 0 Å². The highest BCUT2D eigenvalue weighted by Crippen LogP contribution is 2.45. The van der Waals surface area contributed by atoms with E-state index in [9.17, 15) is 9.90 Å². The summed E-state index contributed by atoms with van der Waals surface area (Å²) < 4.78 is 11.9. The third kappa shape index (κ3) is 4.47. The van der Waals surface area contributed by atoms with Gasteiger partial charge in [0.25, 0.3) is 5.91 Å². The lowest BCUT2D eigenvalue weighted by molar-refractivity contribution is 0.0743. The molecule has 2 heterocycles. The van der Waals surface area contributed by atoms with Crippen molar-refractivity contribution in [3.05, 3.63) is 59.3 Å². The fourth-order valence-electron chi connectivity index (χ4n) is 4.38. The first-order valence-electron chi connectivity index (χ1n) is 12.0. The molecule has 3 aromatic rings. The van der Waals surface area contributed by atoms with Crippen molar-refractivity contribution in [1.82, 2.24) is 15.1 Å². The van der Waals surface area contributed by atoms with Crippen LogP contribution in [0.4, 0.5) is 0 Å². The molecular formula is C27H33N3O4. The molecule has 0 spiro atoms. The Morgan fingerprint density at radius 1 is 1.12 bits per heavy atom. The van der Waals surface area contributed by atoms with E-state index in [2.05, 4.69) is 31.0 Å². The van der Waals surface area contributed by atoms with Crippen LogP contribution in [0.5, 0.6) is 17.2 Å². The number of rotatable bonds is 10. The fraction of sp³-hybridized carbons (Fsp3) is 0.407. The molecule has 34 heavy (non-hydrogen) atoms. The normalized spacial score (nSPS) is 15.1. The summed E-state index contributed by atoms with van der Waals surface area (Å²) in [5.74, 6) is 1.95. The molecule has 1 aliphatic heterocycles. The van der Waals surface area contributed by atoms with Gasteiger partial charge in [-0.2, -0.15) is 5.10 Å². The van der Waals surface area contributed by atoms with Gasteiger partial charge in [0, 0.05) is 17.7 Å². The van der Waals surface area contributed by atoms with E-state index < -0.39 is 0 Å². The maximum atomic E-state index is 13.3. The zero-order valence-electron chi connectivity index (χ0n) is 20.3. The Morgan fingerprint density at radius 2 is 1.91 bits per heavy atom. The standard InChI is InChI=1S/C27H33N3O4/c1-5-14-30-26(18-11-12-21(22(16-18)33-6-2)34-15-13-17(3)4)23-24(28-29-25(23)27(30)32)19-9-7-8-10-20(19)31/h7-12,16-17,26,31H,5-6,13-15H2,1-4H3,(H,28,29). The molecule has 4 rings (SSSR count). The molecular weight excluding hydrogens is 430 g/mol. The minimum atomic E-state index is -0.347. The lowest BCUT2D eigenvalue weighted by atomic mass is 9.95. The van der Waals surface area contributed by atoms with Crippen LogP contribution in [-0.2, 0) is 0 Å². The number of carbonyl (C=O) groups is 1. The van der Waals surface area contributed by atoms with Gasteiger partial charge in [0.05, 0.1) is 19.3 Å². The van der Waals surface area contributed by atoms with E-state index in [1.54, 1.807) is 12.1 Å². The molecule has 1 aromatic heterocycles. The molecule has 1 amide bonds. The second kappa shape index (κ2) is 10.2. The Morgan fingerprint density at radius 3 is 2.62 bits per heavy atom. The maximum Gasteiger partial charge on any atom is 0.273 e. The Kier molecular flexibility index (Phi) is 7.10. The van der Waals surface area contributed by atoms with Crippen LogP contribution >= 0.6 is 0 Å². The number of nitrogens with zero attached hydrogens (tertiary/aromatic N) is 2. The summed E-state index contributed by atoms with van der Waals surface area (Å²) >= 11 is 0. The van der Waals surface area contributed by atoms with Gasteiger partial charge in [-0.05, 0) is 55.5 Å². The Balaban J connectivity index is 1.78. The van der Waals surface area contributed by atoms with E-state index >= 15 is 0 Å². The summed E-state index contributed by atoms with van der Waals surface area (Å²) in [6.07, 6.45) is 1.78. The molecule has 0 aliphatic carbocycles. The number of carbonyl (C=O) groups excluding carboxylic acids is 1. The second-order valence-corrected chi connectivity index (χ2v) is 8.95. The van der Waals surface area contributed by atoms with Gasteiger partial charge in [-0.1, -0.05) is 39.0 Å². The number of phenols is 1. The van der Waals surface area contributed by atoms with E-state index in [0.29, 0.717) is 54.1 Å². The monoisotopic (exact) mass is 463 g/mol. The second-order valence-electron chi connectivity index (χ2n) is 8.95. The number of phenolic OH excluding ortho intramolecular Hbond substituents is 1. The van der Waals surface area contributed by atoms with E-state index in [0.717, 1.165) is 24.0 Å². The molecule has 7 heteroatoms. The number of aromatic nitrogens is 2. The molecule has 0 saturated carbocycles. The number of aromatic hydroxyl groups is 1. The summed E-state index contributed by atoms with van der Waals surface area (Å²) in [5.41, 5.74) is 3.33. The third-order valence-corrected chi connectivity index (χ3v) is 6.02. The van der Waals surface area contributed by atoms with Gasteiger partial charge in [0.15, 0.2) is 11.5 Å². The fourth-order valence-corrected chi connectivity index (χ4v) is 4.38. The number of amides is 1. The number of H-pyrrole nitrogens is 1. The number of fused-ring (bicyclic) bond motifs is 1. The van der Waals surface area contributed by atoms with Crippen LogP contribution in [0.25, 0.3) is 11.3 Å². The highest BCUT2D eigenvalue weighted by atomic mass is 16.5. The number of nitrogens with one attached hydrogen (secondary N) is 1. The van der Waals surface area contributed by atoms with Crippen LogP contribution in [0, 0.1) is 5.92 Å². The van der Waals surface area contributed by atoms with Crippen molar-refractivity contribution in [2.75, 3.05) is 19.8 Å². The van der Waals surface area contributed by atoms with Crippen LogP contribution in [0.2, 0.25) is 0 Å². The average Bonchev–Trinajstić information content (AvgIpc) is 3.35. The molecule has 1 aliphatic rings. The lowest BCUT2D eigenvalue weighted by Crippen LogP contribution is -2.30. The highest BCUT2D eigenvalue weighted by Gasteiger charge is 2.42. The number of hydrogen-bond donors (Lipinski definition) is 2. The summed E-state index contributed by atoms with van der Waals surface area (Å²) in [6.45, 7) is 10.0. The first kappa shape index (κ1) is 23.7. The van der Waals surface area contributed by atoms with Crippen molar-refractivity contribution < 1.29 is 19.4 Å². The number of hydrogen-bond acceptors (Lipinski definition) is 5. The van der Waals surface area contributed by atoms with Gasteiger partial charge in [-0.15, -0.1) is 0 Å². The summed E-state index contributed by atoms with van der Waals surface area (Å²) in [4.78, 5) is 15.2. The molecule has 2 aromatic carbocycles. The number of aromatic amines is 1. The van der Waals surface area contributed by atoms with Crippen LogP contribution in [-0.4, -0.2) is 45.9 Å². The molecule has 0 fully saturated rings.